The molecule has 3 aromatic rings. The molecule has 1 N–H and O–H groups in total. The lowest BCUT2D eigenvalue weighted by molar-refractivity contribution is 0.0936. The van der Waals surface area contributed by atoms with Gasteiger partial charge in [-0.2, -0.15) is 0 Å². The summed E-state index contributed by atoms with van der Waals surface area (Å²) in [6.45, 7) is 6.67. The van der Waals surface area contributed by atoms with E-state index in [9.17, 15) is 9.59 Å². The second kappa shape index (κ2) is 8.61. The molecular formula is C22H23NO5. The fourth-order valence-electron chi connectivity index (χ4n) is 2.92. The van der Waals surface area contributed by atoms with Crippen molar-refractivity contribution in [3.8, 4) is 11.5 Å². The molecule has 0 unspecified atom stereocenters. The first-order valence-corrected chi connectivity index (χ1v) is 9.26. The largest absolute Gasteiger partial charge is 0.490 e. The quantitative estimate of drug-likeness (QED) is 0.624. The highest BCUT2D eigenvalue weighted by atomic mass is 16.5. The van der Waals surface area contributed by atoms with Gasteiger partial charge in [0.25, 0.3) is 5.91 Å². The monoisotopic (exact) mass is 381 g/mol. The standard InChI is InChI=1S/C22H23NO5/c1-4-26-19-11-10-15(13-20(19)27-5-2)14(3)23-21(24)17-12-16-8-6-7-9-18(16)28-22(17)25/h6-14H,4-5H2,1-3H3,(H,23,24)/t14-/m1/s1. The number of amides is 1. The van der Waals surface area contributed by atoms with Gasteiger partial charge in [-0.25, -0.2) is 4.79 Å². The number of hydrogen-bond donors (Lipinski definition) is 1. The van der Waals surface area contributed by atoms with Gasteiger partial charge in [0.05, 0.1) is 19.3 Å². The molecular weight excluding hydrogens is 358 g/mol. The van der Waals surface area contributed by atoms with Gasteiger partial charge in [0.15, 0.2) is 11.5 Å². The molecule has 0 saturated carbocycles. The number of fused-ring (bicyclic) bond motifs is 1. The number of rotatable bonds is 7. The van der Waals surface area contributed by atoms with E-state index >= 15 is 0 Å². The molecule has 0 radical (unpaired) electrons. The van der Waals surface area contributed by atoms with Gasteiger partial charge < -0.3 is 19.2 Å². The van der Waals surface area contributed by atoms with E-state index in [0.29, 0.717) is 35.7 Å². The topological polar surface area (TPSA) is 77.8 Å². The van der Waals surface area contributed by atoms with Crippen LogP contribution in [0.3, 0.4) is 0 Å². The van der Waals surface area contributed by atoms with E-state index in [1.807, 2.05) is 45.0 Å². The molecule has 6 nitrogen and oxygen atoms in total. The Morgan fingerprint density at radius 1 is 1.04 bits per heavy atom. The van der Waals surface area contributed by atoms with Gasteiger partial charge in [0.1, 0.15) is 11.1 Å². The SMILES string of the molecule is CCOc1ccc([C@@H](C)NC(=O)c2cc3ccccc3oc2=O)cc1OCC. The summed E-state index contributed by atoms with van der Waals surface area (Å²) >= 11 is 0. The Labute approximate surface area is 163 Å². The van der Waals surface area contributed by atoms with Gasteiger partial charge in [-0.15, -0.1) is 0 Å². The fourth-order valence-corrected chi connectivity index (χ4v) is 2.92. The molecule has 1 aromatic heterocycles. The highest BCUT2D eigenvalue weighted by Crippen LogP contribution is 2.30. The molecule has 0 saturated heterocycles. The Hall–Kier alpha value is -3.28. The molecule has 0 fully saturated rings. The number of carbonyl (C=O) groups is 1. The van der Waals surface area contributed by atoms with Gasteiger partial charge in [0.2, 0.25) is 0 Å². The summed E-state index contributed by atoms with van der Waals surface area (Å²) in [7, 11) is 0. The summed E-state index contributed by atoms with van der Waals surface area (Å²) in [5, 5.41) is 3.54. The average Bonchev–Trinajstić information content (AvgIpc) is 2.69. The predicted octanol–water partition coefficient (Wildman–Crippen LogP) is 4.08. The van der Waals surface area contributed by atoms with Crippen LogP contribution in [0.15, 0.2) is 57.7 Å². The number of nitrogens with one attached hydrogen (secondary N) is 1. The van der Waals surface area contributed by atoms with Crippen LogP contribution in [0.2, 0.25) is 0 Å². The molecule has 146 valence electrons. The van der Waals surface area contributed by atoms with Gasteiger partial charge in [-0.3, -0.25) is 4.79 Å². The van der Waals surface area contributed by atoms with Crippen molar-refractivity contribution in [2.45, 2.75) is 26.8 Å². The molecule has 0 aliphatic rings. The molecule has 0 aliphatic carbocycles. The van der Waals surface area contributed by atoms with Crippen LogP contribution in [0.25, 0.3) is 11.0 Å². The molecule has 1 amide bonds. The zero-order valence-electron chi connectivity index (χ0n) is 16.2. The Balaban J connectivity index is 1.83. The van der Waals surface area contributed by atoms with Crippen molar-refractivity contribution in [2.24, 2.45) is 0 Å². The minimum absolute atomic E-state index is 0.0264. The molecule has 1 heterocycles. The summed E-state index contributed by atoms with van der Waals surface area (Å²) in [5.74, 6) is 0.786. The van der Waals surface area contributed by atoms with Crippen molar-refractivity contribution in [1.82, 2.24) is 5.32 Å². The summed E-state index contributed by atoms with van der Waals surface area (Å²) in [6, 6.07) is 13.8. The van der Waals surface area contributed by atoms with Gasteiger partial charge >= 0.3 is 5.63 Å². The Morgan fingerprint density at radius 3 is 2.50 bits per heavy atom. The lowest BCUT2D eigenvalue weighted by atomic mass is 10.1. The van der Waals surface area contributed by atoms with Crippen molar-refractivity contribution in [3.05, 3.63) is 70.1 Å². The second-order valence-corrected chi connectivity index (χ2v) is 6.25. The molecule has 6 heteroatoms. The lowest BCUT2D eigenvalue weighted by Gasteiger charge is -2.17. The first-order valence-electron chi connectivity index (χ1n) is 9.26. The van der Waals surface area contributed by atoms with Crippen LogP contribution in [0.5, 0.6) is 11.5 Å². The molecule has 1 atom stereocenters. The van der Waals surface area contributed by atoms with Gasteiger partial charge in [-0.1, -0.05) is 24.3 Å². The van der Waals surface area contributed by atoms with Crippen molar-refractivity contribution < 1.29 is 18.7 Å². The summed E-state index contributed by atoms with van der Waals surface area (Å²) < 4.78 is 16.4. The number of hydrogen-bond acceptors (Lipinski definition) is 5. The van der Waals surface area contributed by atoms with Crippen molar-refractivity contribution in [3.63, 3.8) is 0 Å². The smallest absolute Gasteiger partial charge is 0.349 e. The summed E-state index contributed by atoms with van der Waals surface area (Å²) in [4.78, 5) is 24.8. The van der Waals surface area contributed by atoms with Crippen LogP contribution >= 0.6 is 0 Å². The first kappa shape index (κ1) is 19.5. The molecule has 28 heavy (non-hydrogen) atoms. The Morgan fingerprint density at radius 2 is 1.75 bits per heavy atom. The molecule has 0 bridgehead atoms. The van der Waals surface area contributed by atoms with Crippen molar-refractivity contribution in [1.29, 1.82) is 0 Å². The number of benzene rings is 2. The molecule has 2 aromatic carbocycles. The zero-order chi connectivity index (χ0) is 20.1. The predicted molar refractivity (Wildman–Crippen MR) is 107 cm³/mol. The van der Waals surface area contributed by atoms with E-state index in [4.69, 9.17) is 13.9 Å². The van der Waals surface area contributed by atoms with E-state index in [1.54, 1.807) is 24.3 Å². The van der Waals surface area contributed by atoms with Crippen LogP contribution in [0.4, 0.5) is 0 Å². The maximum absolute atomic E-state index is 12.6. The fraction of sp³-hybridized carbons (Fsp3) is 0.273. The average molecular weight is 381 g/mol. The van der Waals surface area contributed by atoms with E-state index in [-0.39, 0.29) is 11.6 Å². The maximum atomic E-state index is 12.6. The highest BCUT2D eigenvalue weighted by Gasteiger charge is 2.18. The maximum Gasteiger partial charge on any atom is 0.349 e. The van der Waals surface area contributed by atoms with Crippen LogP contribution in [0, 0.1) is 0 Å². The van der Waals surface area contributed by atoms with Crippen LogP contribution in [-0.4, -0.2) is 19.1 Å². The van der Waals surface area contributed by atoms with E-state index in [0.717, 1.165) is 5.56 Å². The van der Waals surface area contributed by atoms with Crippen LogP contribution < -0.4 is 20.4 Å². The van der Waals surface area contributed by atoms with E-state index < -0.39 is 11.5 Å². The Kier molecular flexibility index (Phi) is 5.99. The third-order valence-corrected chi connectivity index (χ3v) is 4.30. The van der Waals surface area contributed by atoms with Crippen molar-refractivity contribution in [2.75, 3.05) is 13.2 Å². The van der Waals surface area contributed by atoms with Crippen LogP contribution in [-0.2, 0) is 0 Å². The van der Waals surface area contributed by atoms with Crippen LogP contribution in [0.1, 0.15) is 42.7 Å². The number of carbonyl (C=O) groups excluding carboxylic acids is 1. The molecule has 0 spiro atoms. The third-order valence-electron chi connectivity index (χ3n) is 4.30. The number of para-hydroxylation sites is 1. The molecule has 3 rings (SSSR count). The van der Waals surface area contributed by atoms with E-state index in [2.05, 4.69) is 5.32 Å². The van der Waals surface area contributed by atoms with E-state index in [1.165, 1.54) is 0 Å². The minimum Gasteiger partial charge on any atom is -0.490 e. The molecule has 0 aliphatic heterocycles. The zero-order valence-corrected chi connectivity index (χ0v) is 16.2. The number of ether oxygens (including phenoxy) is 2. The first-order chi connectivity index (χ1) is 13.5. The summed E-state index contributed by atoms with van der Waals surface area (Å²) in [5.41, 5.74) is 0.599. The Bertz CT molecular complexity index is 1040. The summed E-state index contributed by atoms with van der Waals surface area (Å²) in [6.07, 6.45) is 0. The highest BCUT2D eigenvalue weighted by molar-refractivity contribution is 5.96. The third kappa shape index (κ3) is 4.17. The second-order valence-electron chi connectivity index (χ2n) is 6.25. The van der Waals surface area contributed by atoms with Gasteiger partial charge in [0, 0.05) is 5.39 Å². The normalized spacial score (nSPS) is 11.8. The lowest BCUT2D eigenvalue weighted by Crippen LogP contribution is -2.30. The van der Waals surface area contributed by atoms with Gasteiger partial charge in [-0.05, 0) is 50.6 Å². The minimum atomic E-state index is -0.662. The van der Waals surface area contributed by atoms with Crippen molar-refractivity contribution >= 4 is 16.9 Å².